The van der Waals surface area contributed by atoms with Crippen LogP contribution >= 0.6 is 0 Å². The first kappa shape index (κ1) is 15.2. The van der Waals surface area contributed by atoms with E-state index >= 15 is 0 Å². The molecule has 0 aromatic carbocycles. The Labute approximate surface area is 113 Å². The second kappa shape index (κ2) is 5.63. The summed E-state index contributed by atoms with van der Waals surface area (Å²) in [6.45, 7) is 5.55. The summed E-state index contributed by atoms with van der Waals surface area (Å²) in [4.78, 5) is 0. The zero-order valence-electron chi connectivity index (χ0n) is 11.8. The lowest BCUT2D eigenvalue weighted by molar-refractivity contribution is -0.257. The largest absolute Gasteiger partial charge is 0.393 e. The van der Waals surface area contributed by atoms with Crippen molar-refractivity contribution in [2.75, 3.05) is 19.8 Å². The molecule has 0 aliphatic carbocycles. The van der Waals surface area contributed by atoms with Gasteiger partial charge in [0.25, 0.3) is 0 Å². The van der Waals surface area contributed by atoms with E-state index in [0.717, 1.165) is 12.8 Å². The van der Waals surface area contributed by atoms with Gasteiger partial charge in [0.05, 0.1) is 13.2 Å². The number of aliphatic hydroxyl groups excluding tert-OH is 2. The monoisotopic (exact) mass is 276 g/mol. The predicted octanol–water partition coefficient (Wildman–Crippen LogP) is 0.403. The first-order valence-corrected chi connectivity index (χ1v) is 6.85. The maximum atomic E-state index is 9.55. The molecular weight excluding hydrogens is 252 g/mol. The van der Waals surface area contributed by atoms with Gasteiger partial charge in [0, 0.05) is 6.61 Å². The van der Waals surface area contributed by atoms with Crippen molar-refractivity contribution in [2.45, 2.75) is 63.5 Å². The molecule has 19 heavy (non-hydrogen) atoms. The van der Waals surface area contributed by atoms with Crippen LogP contribution in [0.1, 0.15) is 33.6 Å². The molecule has 2 aliphatic heterocycles. The Hall–Kier alpha value is -0.240. The molecule has 2 fully saturated rings. The Bertz CT molecular complexity index is 302. The third-order valence-electron chi connectivity index (χ3n) is 3.59. The molecule has 0 spiro atoms. The molecule has 2 saturated heterocycles. The minimum atomic E-state index is -1.15. The molecule has 112 valence electrons. The number of ether oxygens (including phenoxy) is 4. The lowest BCUT2D eigenvalue weighted by Gasteiger charge is -2.33. The fourth-order valence-corrected chi connectivity index (χ4v) is 2.56. The van der Waals surface area contributed by atoms with Crippen LogP contribution in [0, 0.1) is 0 Å². The van der Waals surface area contributed by atoms with Crippen molar-refractivity contribution in [1.29, 1.82) is 0 Å². The molecule has 1 unspecified atom stereocenters. The van der Waals surface area contributed by atoms with Crippen LogP contribution in [0.25, 0.3) is 0 Å². The van der Waals surface area contributed by atoms with Crippen LogP contribution in [-0.2, 0) is 18.9 Å². The van der Waals surface area contributed by atoms with E-state index in [0.29, 0.717) is 6.61 Å². The van der Waals surface area contributed by atoms with E-state index in [-0.39, 0.29) is 13.2 Å². The minimum absolute atomic E-state index is 0.333. The molecule has 0 aromatic rings. The summed E-state index contributed by atoms with van der Waals surface area (Å²) >= 11 is 0. The summed E-state index contributed by atoms with van der Waals surface area (Å²) in [6.07, 6.45) is 0.355. The molecule has 2 heterocycles. The van der Waals surface area contributed by atoms with E-state index in [1.165, 1.54) is 0 Å². The van der Waals surface area contributed by atoms with Crippen molar-refractivity contribution < 1.29 is 29.2 Å². The zero-order chi connectivity index (χ0) is 14.1. The molecule has 2 rings (SSSR count). The SMILES string of the molecule is CCCCOC1[C@@H]2OC(C)(C)O[C@H]2OC1(CO)CO. The third kappa shape index (κ3) is 2.79. The van der Waals surface area contributed by atoms with E-state index in [1.54, 1.807) is 13.8 Å². The predicted molar refractivity (Wildman–Crippen MR) is 66.5 cm³/mol. The molecule has 6 nitrogen and oxygen atoms in total. The normalized spacial score (nSPS) is 35.5. The van der Waals surface area contributed by atoms with E-state index in [4.69, 9.17) is 18.9 Å². The highest BCUT2D eigenvalue weighted by molar-refractivity contribution is 5.04. The first-order valence-electron chi connectivity index (χ1n) is 6.85. The Balaban J connectivity index is 2.11. The number of rotatable bonds is 6. The highest BCUT2D eigenvalue weighted by Gasteiger charge is 2.62. The summed E-state index contributed by atoms with van der Waals surface area (Å²) in [5, 5.41) is 19.1. The van der Waals surface area contributed by atoms with Crippen LogP contribution in [0.15, 0.2) is 0 Å². The van der Waals surface area contributed by atoms with Crippen LogP contribution in [0.5, 0.6) is 0 Å². The third-order valence-corrected chi connectivity index (χ3v) is 3.59. The van der Waals surface area contributed by atoms with E-state index in [9.17, 15) is 10.2 Å². The molecular formula is C13H24O6. The van der Waals surface area contributed by atoms with Gasteiger partial charge in [0.2, 0.25) is 0 Å². The summed E-state index contributed by atoms with van der Waals surface area (Å²) in [5.74, 6) is -0.737. The summed E-state index contributed by atoms with van der Waals surface area (Å²) in [7, 11) is 0. The molecule has 0 radical (unpaired) electrons. The van der Waals surface area contributed by atoms with Gasteiger partial charge in [-0.15, -0.1) is 0 Å². The number of hydrogen-bond acceptors (Lipinski definition) is 6. The molecule has 2 N–H and O–H groups in total. The quantitative estimate of drug-likeness (QED) is 0.684. The van der Waals surface area contributed by atoms with E-state index in [1.807, 2.05) is 0 Å². The van der Waals surface area contributed by atoms with Crippen molar-refractivity contribution in [3.8, 4) is 0 Å². The maximum Gasteiger partial charge on any atom is 0.190 e. The molecule has 6 heteroatoms. The van der Waals surface area contributed by atoms with E-state index in [2.05, 4.69) is 6.92 Å². The van der Waals surface area contributed by atoms with Gasteiger partial charge in [-0.25, -0.2) is 0 Å². The van der Waals surface area contributed by atoms with Gasteiger partial charge >= 0.3 is 0 Å². The average molecular weight is 276 g/mol. The van der Waals surface area contributed by atoms with Crippen LogP contribution < -0.4 is 0 Å². The van der Waals surface area contributed by atoms with Gasteiger partial charge < -0.3 is 29.2 Å². The molecule has 0 bridgehead atoms. The summed E-state index contributed by atoms with van der Waals surface area (Å²) in [5.41, 5.74) is -1.15. The van der Waals surface area contributed by atoms with Gasteiger partial charge in [-0.3, -0.25) is 0 Å². The van der Waals surface area contributed by atoms with Crippen molar-refractivity contribution in [2.24, 2.45) is 0 Å². The minimum Gasteiger partial charge on any atom is -0.393 e. The molecule has 2 aliphatic rings. The summed E-state index contributed by atoms with van der Waals surface area (Å²) < 4.78 is 22.9. The second-order valence-electron chi connectivity index (χ2n) is 5.61. The maximum absolute atomic E-state index is 9.55. The Kier molecular flexibility index (Phi) is 4.49. The van der Waals surface area contributed by atoms with Gasteiger partial charge in [0.1, 0.15) is 17.8 Å². The number of fused-ring (bicyclic) bond motifs is 1. The Morgan fingerprint density at radius 2 is 1.79 bits per heavy atom. The van der Waals surface area contributed by atoms with Crippen LogP contribution in [0.3, 0.4) is 0 Å². The van der Waals surface area contributed by atoms with Crippen molar-refractivity contribution >= 4 is 0 Å². The van der Waals surface area contributed by atoms with Crippen LogP contribution in [0.4, 0.5) is 0 Å². The van der Waals surface area contributed by atoms with Gasteiger partial charge in [-0.2, -0.15) is 0 Å². The molecule has 0 saturated carbocycles. The smallest absolute Gasteiger partial charge is 0.190 e. The molecule has 0 aromatic heterocycles. The first-order chi connectivity index (χ1) is 8.98. The summed E-state index contributed by atoms with van der Waals surface area (Å²) in [6, 6.07) is 0. The van der Waals surface area contributed by atoms with Crippen molar-refractivity contribution in [1.82, 2.24) is 0 Å². The topological polar surface area (TPSA) is 77.4 Å². The molecule has 0 amide bonds. The Morgan fingerprint density at radius 3 is 2.37 bits per heavy atom. The zero-order valence-corrected chi connectivity index (χ0v) is 11.8. The van der Waals surface area contributed by atoms with E-state index < -0.39 is 29.9 Å². The van der Waals surface area contributed by atoms with Gasteiger partial charge in [-0.05, 0) is 20.3 Å². The lowest BCUT2D eigenvalue weighted by Crippen LogP contribution is -2.52. The average Bonchev–Trinajstić information content (AvgIpc) is 2.80. The second-order valence-corrected chi connectivity index (χ2v) is 5.61. The fourth-order valence-electron chi connectivity index (χ4n) is 2.56. The highest BCUT2D eigenvalue weighted by Crippen LogP contribution is 2.43. The number of aliphatic hydroxyl groups is 2. The van der Waals surface area contributed by atoms with Gasteiger partial charge in [-0.1, -0.05) is 13.3 Å². The van der Waals surface area contributed by atoms with Crippen molar-refractivity contribution in [3.05, 3.63) is 0 Å². The van der Waals surface area contributed by atoms with Crippen molar-refractivity contribution in [3.63, 3.8) is 0 Å². The number of hydrogen-bond donors (Lipinski definition) is 2. The highest BCUT2D eigenvalue weighted by atomic mass is 16.8. The van der Waals surface area contributed by atoms with Gasteiger partial charge in [0.15, 0.2) is 12.1 Å². The standard InChI is InChI=1S/C13H24O6/c1-4-5-6-16-10-9-11(18-12(2,3)17-9)19-13(10,7-14)8-15/h9-11,14-15H,4-8H2,1-3H3/t9-,10?,11-/m0/s1. The van der Waals surface area contributed by atoms with Crippen LogP contribution in [-0.4, -0.2) is 59.9 Å². The molecule has 3 atom stereocenters. The fraction of sp³-hybridized carbons (Fsp3) is 1.00. The van der Waals surface area contributed by atoms with Crippen LogP contribution in [0.2, 0.25) is 0 Å². The Morgan fingerprint density at radius 1 is 1.11 bits per heavy atom. The lowest BCUT2D eigenvalue weighted by atomic mass is 9.97. The number of unbranched alkanes of at least 4 members (excludes halogenated alkanes) is 1.